The second-order valence-corrected chi connectivity index (χ2v) is 6.38. The lowest BCUT2D eigenvalue weighted by molar-refractivity contribution is -0.132. The van der Waals surface area contributed by atoms with Crippen LogP contribution in [0.4, 0.5) is 5.69 Å². The van der Waals surface area contributed by atoms with Crippen LogP contribution in [0.15, 0.2) is 54.6 Å². The van der Waals surface area contributed by atoms with Crippen LogP contribution < -0.4 is 10.2 Å². The highest BCUT2D eigenvalue weighted by molar-refractivity contribution is 6.30. The van der Waals surface area contributed by atoms with Gasteiger partial charge < -0.3 is 10.2 Å². The molecule has 0 radical (unpaired) electrons. The number of rotatable bonds is 4. The number of carbonyl (C=O) groups is 2. The first-order valence-electron chi connectivity index (χ1n) is 7.98. The van der Waals surface area contributed by atoms with Gasteiger partial charge in [-0.15, -0.1) is 0 Å². The molecule has 1 saturated heterocycles. The van der Waals surface area contributed by atoms with E-state index in [9.17, 15) is 9.59 Å². The molecule has 0 aliphatic carbocycles. The van der Waals surface area contributed by atoms with E-state index in [2.05, 4.69) is 5.32 Å². The number of carbonyl (C=O) groups excluding carboxylic acids is 2. The number of nitrogens with one attached hydrogen (secondary N) is 1. The van der Waals surface area contributed by atoms with Crippen molar-refractivity contribution in [3.8, 4) is 0 Å². The van der Waals surface area contributed by atoms with Gasteiger partial charge in [0.2, 0.25) is 11.8 Å². The molecule has 0 aromatic heterocycles. The molecule has 1 aliphatic rings. The van der Waals surface area contributed by atoms with Crippen molar-refractivity contribution < 1.29 is 9.59 Å². The fraction of sp³-hybridized carbons (Fsp3) is 0.263. The Labute approximate surface area is 146 Å². The molecule has 0 saturated carbocycles. The zero-order valence-electron chi connectivity index (χ0n) is 13.4. The Morgan fingerprint density at radius 3 is 2.50 bits per heavy atom. The van der Waals surface area contributed by atoms with Gasteiger partial charge in [-0.1, -0.05) is 41.9 Å². The minimum absolute atomic E-state index is 0.129. The second kappa shape index (κ2) is 7.05. The number of amides is 2. The Morgan fingerprint density at radius 1 is 1.17 bits per heavy atom. The van der Waals surface area contributed by atoms with Gasteiger partial charge in [0.05, 0.1) is 6.04 Å². The maximum Gasteiger partial charge on any atom is 0.239 e. The highest BCUT2D eigenvalue weighted by Crippen LogP contribution is 2.27. The van der Waals surface area contributed by atoms with Crippen molar-refractivity contribution in [1.29, 1.82) is 0 Å². The van der Waals surface area contributed by atoms with Crippen LogP contribution in [0.1, 0.15) is 24.9 Å². The molecule has 1 N–H and O–H groups in total. The van der Waals surface area contributed by atoms with Gasteiger partial charge in [0.1, 0.15) is 5.92 Å². The molecule has 124 valence electrons. The first kappa shape index (κ1) is 16.5. The van der Waals surface area contributed by atoms with E-state index < -0.39 is 5.92 Å². The van der Waals surface area contributed by atoms with E-state index in [4.69, 9.17) is 11.6 Å². The molecule has 2 atom stereocenters. The minimum Gasteiger partial charge on any atom is -0.349 e. The lowest BCUT2D eigenvalue weighted by Gasteiger charge is -2.19. The third kappa shape index (κ3) is 3.44. The smallest absolute Gasteiger partial charge is 0.239 e. The number of hydrogen-bond acceptors (Lipinski definition) is 2. The Kier molecular flexibility index (Phi) is 4.86. The highest BCUT2D eigenvalue weighted by Gasteiger charge is 2.37. The normalized spacial score (nSPS) is 18.5. The van der Waals surface area contributed by atoms with E-state index in [1.807, 2.05) is 37.3 Å². The average molecular weight is 343 g/mol. The first-order chi connectivity index (χ1) is 11.6. The molecule has 4 nitrogen and oxygen atoms in total. The summed E-state index contributed by atoms with van der Waals surface area (Å²) in [7, 11) is 0. The largest absolute Gasteiger partial charge is 0.349 e. The van der Waals surface area contributed by atoms with E-state index in [0.29, 0.717) is 18.0 Å². The quantitative estimate of drug-likeness (QED) is 0.863. The SMILES string of the molecule is C[C@@H](NC(=O)[C@H]1CCN(c2ccc(Cl)cc2)C1=O)c1ccccc1. The third-order valence-electron chi connectivity index (χ3n) is 4.32. The molecule has 24 heavy (non-hydrogen) atoms. The van der Waals surface area contributed by atoms with Crippen LogP contribution in [-0.2, 0) is 9.59 Å². The van der Waals surface area contributed by atoms with Gasteiger partial charge in [0, 0.05) is 17.3 Å². The lowest BCUT2D eigenvalue weighted by atomic mass is 10.0. The Balaban J connectivity index is 1.66. The molecule has 0 unspecified atom stereocenters. The molecule has 2 aromatic carbocycles. The van der Waals surface area contributed by atoms with Crippen LogP contribution in [0.5, 0.6) is 0 Å². The van der Waals surface area contributed by atoms with Crippen molar-refractivity contribution in [3.05, 3.63) is 65.2 Å². The summed E-state index contributed by atoms with van der Waals surface area (Å²) in [5, 5.41) is 3.56. The summed E-state index contributed by atoms with van der Waals surface area (Å²) in [6, 6.07) is 16.7. The molecule has 1 aliphatic heterocycles. The van der Waals surface area contributed by atoms with Crippen LogP contribution in [-0.4, -0.2) is 18.4 Å². The topological polar surface area (TPSA) is 49.4 Å². The molecular formula is C19H19ClN2O2. The summed E-state index contributed by atoms with van der Waals surface area (Å²) in [6.07, 6.45) is 0.523. The van der Waals surface area contributed by atoms with Crippen LogP contribution in [0.3, 0.4) is 0 Å². The van der Waals surface area contributed by atoms with E-state index >= 15 is 0 Å². The lowest BCUT2D eigenvalue weighted by Crippen LogP contribution is -2.38. The number of anilines is 1. The molecule has 3 rings (SSSR count). The van der Waals surface area contributed by atoms with Crippen molar-refractivity contribution >= 4 is 29.1 Å². The van der Waals surface area contributed by atoms with Gasteiger partial charge in [-0.3, -0.25) is 9.59 Å². The second-order valence-electron chi connectivity index (χ2n) is 5.95. The van der Waals surface area contributed by atoms with Crippen LogP contribution in [0.25, 0.3) is 0 Å². The zero-order valence-corrected chi connectivity index (χ0v) is 14.2. The number of nitrogens with zero attached hydrogens (tertiary/aromatic N) is 1. The minimum atomic E-state index is -0.633. The highest BCUT2D eigenvalue weighted by atomic mass is 35.5. The molecule has 1 fully saturated rings. The molecule has 2 aromatic rings. The summed E-state index contributed by atoms with van der Waals surface area (Å²) >= 11 is 5.88. The van der Waals surface area contributed by atoms with Gasteiger partial charge in [-0.25, -0.2) is 0 Å². The van der Waals surface area contributed by atoms with Gasteiger partial charge >= 0.3 is 0 Å². The van der Waals surface area contributed by atoms with Crippen LogP contribution >= 0.6 is 11.6 Å². The van der Waals surface area contributed by atoms with Crippen molar-refractivity contribution in [1.82, 2.24) is 5.32 Å². The zero-order chi connectivity index (χ0) is 17.1. The standard InChI is InChI=1S/C19H19ClN2O2/c1-13(14-5-3-2-4-6-14)21-18(23)17-11-12-22(19(17)24)16-9-7-15(20)8-10-16/h2-10,13,17H,11-12H2,1H3,(H,21,23)/t13-,17-/m1/s1. The summed E-state index contributed by atoms with van der Waals surface area (Å²) < 4.78 is 0. The molecule has 0 bridgehead atoms. The van der Waals surface area contributed by atoms with Crippen LogP contribution in [0, 0.1) is 5.92 Å². The Hall–Kier alpha value is -2.33. The maximum atomic E-state index is 12.6. The number of benzene rings is 2. The summed E-state index contributed by atoms with van der Waals surface area (Å²) in [6.45, 7) is 2.46. The van der Waals surface area contributed by atoms with Crippen molar-refractivity contribution in [2.24, 2.45) is 5.92 Å². The molecule has 2 amide bonds. The Bertz CT molecular complexity index is 731. The number of halogens is 1. The molecule has 5 heteroatoms. The predicted molar refractivity (Wildman–Crippen MR) is 94.9 cm³/mol. The van der Waals surface area contributed by atoms with E-state index in [-0.39, 0.29) is 17.9 Å². The molecular weight excluding hydrogens is 324 g/mol. The third-order valence-corrected chi connectivity index (χ3v) is 4.57. The molecule has 1 heterocycles. The first-order valence-corrected chi connectivity index (χ1v) is 8.36. The van der Waals surface area contributed by atoms with Gasteiger partial charge in [-0.05, 0) is 43.2 Å². The van der Waals surface area contributed by atoms with Crippen molar-refractivity contribution in [2.75, 3.05) is 11.4 Å². The van der Waals surface area contributed by atoms with Crippen LogP contribution in [0.2, 0.25) is 5.02 Å². The van der Waals surface area contributed by atoms with Gasteiger partial charge in [0.15, 0.2) is 0 Å². The maximum absolute atomic E-state index is 12.6. The van der Waals surface area contributed by atoms with E-state index in [0.717, 1.165) is 11.3 Å². The van der Waals surface area contributed by atoms with E-state index in [1.165, 1.54) is 0 Å². The van der Waals surface area contributed by atoms with Gasteiger partial charge in [-0.2, -0.15) is 0 Å². The monoisotopic (exact) mass is 342 g/mol. The summed E-state index contributed by atoms with van der Waals surface area (Å²) in [5.74, 6) is -1.00. The van der Waals surface area contributed by atoms with Crippen molar-refractivity contribution in [3.63, 3.8) is 0 Å². The Morgan fingerprint density at radius 2 is 1.83 bits per heavy atom. The fourth-order valence-corrected chi connectivity index (χ4v) is 3.07. The van der Waals surface area contributed by atoms with Gasteiger partial charge in [0.25, 0.3) is 0 Å². The summed E-state index contributed by atoms with van der Waals surface area (Å²) in [5.41, 5.74) is 1.79. The average Bonchev–Trinajstić information content (AvgIpc) is 2.98. The van der Waals surface area contributed by atoms with Crippen molar-refractivity contribution in [2.45, 2.75) is 19.4 Å². The van der Waals surface area contributed by atoms with E-state index in [1.54, 1.807) is 29.2 Å². The number of hydrogen-bond donors (Lipinski definition) is 1. The molecule has 0 spiro atoms. The fourth-order valence-electron chi connectivity index (χ4n) is 2.94. The summed E-state index contributed by atoms with van der Waals surface area (Å²) in [4.78, 5) is 26.7. The predicted octanol–water partition coefficient (Wildman–Crippen LogP) is 3.57.